The van der Waals surface area contributed by atoms with Crippen LogP contribution in [0.5, 0.6) is 0 Å². The van der Waals surface area contributed by atoms with E-state index in [1.54, 1.807) is 0 Å². The molecular formula is C20H28N6O. The smallest absolute Gasteiger partial charge is 0.128 e. The lowest BCUT2D eigenvalue weighted by Gasteiger charge is -2.39. The average Bonchev–Trinajstić information content (AvgIpc) is 3.09. The van der Waals surface area contributed by atoms with Crippen LogP contribution < -0.4 is 4.90 Å². The summed E-state index contributed by atoms with van der Waals surface area (Å²) in [6, 6.07) is 6.24. The van der Waals surface area contributed by atoms with E-state index in [9.17, 15) is 5.11 Å². The maximum atomic E-state index is 10.6. The summed E-state index contributed by atoms with van der Waals surface area (Å²) in [6.07, 6.45) is 6.22. The lowest BCUT2D eigenvalue weighted by atomic mass is 10.1. The molecule has 0 radical (unpaired) electrons. The molecule has 1 N–H and O–H groups in total. The second kappa shape index (κ2) is 8.29. The Balaban J connectivity index is 1.31. The molecule has 0 bridgehead atoms. The van der Waals surface area contributed by atoms with Gasteiger partial charge in [0, 0.05) is 82.4 Å². The van der Waals surface area contributed by atoms with Crippen LogP contribution in [0.25, 0.3) is 0 Å². The maximum absolute atomic E-state index is 10.6. The summed E-state index contributed by atoms with van der Waals surface area (Å²) in [7, 11) is 0. The molecule has 0 aromatic carbocycles. The molecule has 2 atom stereocenters. The fourth-order valence-corrected chi connectivity index (χ4v) is 4.06. The zero-order valence-electron chi connectivity index (χ0n) is 15.9. The first-order valence-corrected chi connectivity index (χ1v) is 9.83. The van der Waals surface area contributed by atoms with E-state index in [0.717, 1.165) is 62.9 Å². The Bertz CT molecular complexity index is 717. The third-order valence-corrected chi connectivity index (χ3v) is 5.57. The lowest BCUT2D eigenvalue weighted by molar-refractivity contribution is 0.0790. The summed E-state index contributed by atoms with van der Waals surface area (Å²) in [5, 5.41) is 10.6. The number of aliphatic hydroxyl groups is 1. The van der Waals surface area contributed by atoms with Gasteiger partial charge in [-0.15, -0.1) is 0 Å². The van der Waals surface area contributed by atoms with Gasteiger partial charge in [-0.05, 0) is 12.1 Å². The topological polar surface area (TPSA) is 68.6 Å². The molecule has 4 rings (SSSR count). The molecule has 27 heavy (non-hydrogen) atoms. The predicted molar refractivity (Wildman–Crippen MR) is 105 cm³/mol. The SMILES string of the molecule is CCc1ncc(CN2C[C@H](O)[C@@H](N3CCN(c4ccccn4)CC3)C2)cn1. The van der Waals surface area contributed by atoms with Gasteiger partial charge < -0.3 is 10.0 Å². The normalized spacial score (nSPS) is 24.4. The molecule has 144 valence electrons. The van der Waals surface area contributed by atoms with Gasteiger partial charge in [-0.25, -0.2) is 15.0 Å². The fraction of sp³-hybridized carbons (Fsp3) is 0.550. The summed E-state index contributed by atoms with van der Waals surface area (Å²) >= 11 is 0. The molecule has 4 heterocycles. The number of hydrogen-bond donors (Lipinski definition) is 1. The number of likely N-dealkylation sites (tertiary alicyclic amines) is 1. The van der Waals surface area contributed by atoms with E-state index >= 15 is 0 Å². The van der Waals surface area contributed by atoms with Crippen LogP contribution >= 0.6 is 0 Å². The van der Waals surface area contributed by atoms with Crippen molar-refractivity contribution in [3.63, 3.8) is 0 Å². The van der Waals surface area contributed by atoms with E-state index in [-0.39, 0.29) is 12.1 Å². The first kappa shape index (κ1) is 18.3. The van der Waals surface area contributed by atoms with Gasteiger partial charge in [0.15, 0.2) is 0 Å². The molecule has 0 unspecified atom stereocenters. The number of β-amino-alcohol motifs (C(OH)–C–C–N with tert-alkyl or cyclic N) is 1. The van der Waals surface area contributed by atoms with Crippen LogP contribution in [-0.4, -0.2) is 81.3 Å². The molecular weight excluding hydrogens is 340 g/mol. The highest BCUT2D eigenvalue weighted by Crippen LogP contribution is 2.21. The summed E-state index contributed by atoms with van der Waals surface area (Å²) in [5.41, 5.74) is 1.11. The predicted octanol–water partition coefficient (Wildman–Crippen LogP) is 0.801. The highest BCUT2D eigenvalue weighted by Gasteiger charge is 2.36. The van der Waals surface area contributed by atoms with E-state index < -0.39 is 0 Å². The standard InChI is InChI=1S/C20H28N6O/c1-2-19-22-11-16(12-23-19)13-24-14-17(18(27)15-24)25-7-9-26(10-8-25)20-5-3-4-6-21-20/h3-6,11-12,17-18,27H,2,7-10,13-15H2,1H3/t17-,18-/m0/s1. The fourth-order valence-electron chi connectivity index (χ4n) is 4.06. The van der Waals surface area contributed by atoms with Crippen LogP contribution in [0, 0.1) is 0 Å². The van der Waals surface area contributed by atoms with E-state index in [1.165, 1.54) is 0 Å². The number of anilines is 1. The molecule has 2 aromatic heterocycles. The molecule has 2 aliphatic rings. The molecule has 7 heteroatoms. The van der Waals surface area contributed by atoms with Gasteiger partial charge in [-0.2, -0.15) is 0 Å². The number of rotatable bonds is 5. The molecule has 2 aliphatic heterocycles. The zero-order chi connectivity index (χ0) is 18.6. The van der Waals surface area contributed by atoms with E-state index in [0.29, 0.717) is 6.54 Å². The monoisotopic (exact) mass is 368 g/mol. The van der Waals surface area contributed by atoms with Gasteiger partial charge in [0.05, 0.1) is 6.10 Å². The van der Waals surface area contributed by atoms with Crippen LogP contribution in [0.3, 0.4) is 0 Å². The third kappa shape index (κ3) is 4.26. The summed E-state index contributed by atoms with van der Waals surface area (Å²) in [6.45, 7) is 8.27. The summed E-state index contributed by atoms with van der Waals surface area (Å²) in [5.74, 6) is 1.92. The van der Waals surface area contributed by atoms with Crippen molar-refractivity contribution in [2.24, 2.45) is 0 Å². The van der Waals surface area contributed by atoms with Crippen molar-refractivity contribution in [1.82, 2.24) is 24.8 Å². The van der Waals surface area contributed by atoms with E-state index in [4.69, 9.17) is 0 Å². The molecule has 7 nitrogen and oxygen atoms in total. The highest BCUT2D eigenvalue weighted by atomic mass is 16.3. The number of pyridine rings is 1. The maximum Gasteiger partial charge on any atom is 0.128 e. The van der Waals surface area contributed by atoms with Crippen molar-refractivity contribution in [3.05, 3.63) is 48.2 Å². The minimum Gasteiger partial charge on any atom is -0.390 e. The molecule has 0 amide bonds. The Labute approximate surface area is 160 Å². The van der Waals surface area contributed by atoms with Crippen LogP contribution in [0.1, 0.15) is 18.3 Å². The molecule has 0 aliphatic carbocycles. The number of aryl methyl sites for hydroxylation is 1. The number of aromatic nitrogens is 3. The number of hydrogen-bond acceptors (Lipinski definition) is 7. The Morgan fingerprint density at radius 3 is 2.48 bits per heavy atom. The summed E-state index contributed by atoms with van der Waals surface area (Å²) < 4.78 is 0. The van der Waals surface area contributed by atoms with Crippen LogP contribution in [0.15, 0.2) is 36.8 Å². The van der Waals surface area contributed by atoms with Crippen molar-refractivity contribution in [1.29, 1.82) is 0 Å². The van der Waals surface area contributed by atoms with Crippen LogP contribution in [-0.2, 0) is 13.0 Å². The van der Waals surface area contributed by atoms with Crippen molar-refractivity contribution in [3.8, 4) is 0 Å². The van der Waals surface area contributed by atoms with Gasteiger partial charge in [0.1, 0.15) is 11.6 Å². The molecule has 0 saturated carbocycles. The van der Waals surface area contributed by atoms with Crippen molar-refractivity contribution >= 4 is 5.82 Å². The highest BCUT2D eigenvalue weighted by molar-refractivity contribution is 5.38. The van der Waals surface area contributed by atoms with Gasteiger partial charge in [-0.3, -0.25) is 9.80 Å². The van der Waals surface area contributed by atoms with Gasteiger partial charge >= 0.3 is 0 Å². The Hall–Kier alpha value is -2.09. The minimum atomic E-state index is -0.303. The third-order valence-electron chi connectivity index (χ3n) is 5.57. The van der Waals surface area contributed by atoms with Crippen LogP contribution in [0.2, 0.25) is 0 Å². The molecule has 2 aromatic rings. The quantitative estimate of drug-likeness (QED) is 0.837. The minimum absolute atomic E-state index is 0.201. The van der Waals surface area contributed by atoms with Crippen molar-refractivity contribution in [2.45, 2.75) is 32.0 Å². The number of aliphatic hydroxyl groups excluding tert-OH is 1. The van der Waals surface area contributed by atoms with Crippen molar-refractivity contribution in [2.75, 3.05) is 44.2 Å². The molecule has 2 saturated heterocycles. The number of nitrogens with zero attached hydrogens (tertiary/aromatic N) is 6. The zero-order valence-corrected chi connectivity index (χ0v) is 15.9. The van der Waals surface area contributed by atoms with Crippen molar-refractivity contribution < 1.29 is 5.11 Å². The Morgan fingerprint density at radius 2 is 1.81 bits per heavy atom. The largest absolute Gasteiger partial charge is 0.390 e. The average molecular weight is 368 g/mol. The second-order valence-corrected chi connectivity index (χ2v) is 7.40. The second-order valence-electron chi connectivity index (χ2n) is 7.40. The molecule has 2 fully saturated rings. The molecule has 0 spiro atoms. The van der Waals surface area contributed by atoms with Gasteiger partial charge in [0.25, 0.3) is 0 Å². The Morgan fingerprint density at radius 1 is 1.04 bits per heavy atom. The first-order valence-electron chi connectivity index (χ1n) is 9.83. The van der Waals surface area contributed by atoms with Gasteiger partial charge in [0.2, 0.25) is 0 Å². The van der Waals surface area contributed by atoms with Gasteiger partial charge in [-0.1, -0.05) is 13.0 Å². The van der Waals surface area contributed by atoms with Crippen LogP contribution in [0.4, 0.5) is 5.82 Å². The van der Waals surface area contributed by atoms with E-state index in [1.807, 2.05) is 30.7 Å². The van der Waals surface area contributed by atoms with E-state index in [2.05, 4.69) is 42.6 Å². The first-order chi connectivity index (χ1) is 13.2. The summed E-state index contributed by atoms with van der Waals surface area (Å²) in [4.78, 5) is 20.3. The lowest BCUT2D eigenvalue weighted by Crippen LogP contribution is -2.53. The Kier molecular flexibility index (Phi) is 5.61. The number of piperazine rings is 1.